The molecule has 0 bridgehead atoms. The van der Waals surface area contributed by atoms with Crippen LogP contribution in [-0.4, -0.2) is 27.6 Å². The standard InChI is InChI=1S/C14H14N4O2S/c1-8-4-5-9(20-3)10-11(8)21-14(16-10)17-13(19)12-15-6-7-18(12)2/h4-7H,1-3H3,(H,16,17,19). The largest absolute Gasteiger partial charge is 0.494 e. The molecule has 2 aromatic heterocycles. The number of aromatic nitrogens is 3. The van der Waals surface area contributed by atoms with Crippen molar-refractivity contribution in [1.82, 2.24) is 14.5 Å². The van der Waals surface area contributed by atoms with E-state index in [0.717, 1.165) is 15.8 Å². The molecule has 0 aliphatic heterocycles. The number of hydrogen-bond donors (Lipinski definition) is 1. The number of nitrogens with one attached hydrogen (secondary N) is 1. The zero-order chi connectivity index (χ0) is 15.0. The van der Waals surface area contributed by atoms with Gasteiger partial charge in [-0.05, 0) is 18.6 Å². The van der Waals surface area contributed by atoms with Gasteiger partial charge in [-0.25, -0.2) is 9.97 Å². The van der Waals surface area contributed by atoms with Crippen LogP contribution in [0.3, 0.4) is 0 Å². The van der Waals surface area contributed by atoms with Gasteiger partial charge in [0.05, 0.1) is 11.8 Å². The van der Waals surface area contributed by atoms with E-state index in [0.29, 0.717) is 16.7 Å². The van der Waals surface area contributed by atoms with Crippen LogP contribution in [0, 0.1) is 6.92 Å². The molecule has 0 atom stereocenters. The van der Waals surface area contributed by atoms with E-state index in [1.54, 1.807) is 31.1 Å². The molecule has 0 saturated carbocycles. The van der Waals surface area contributed by atoms with Crippen molar-refractivity contribution in [2.75, 3.05) is 12.4 Å². The maximum atomic E-state index is 12.2. The van der Waals surface area contributed by atoms with Crippen LogP contribution in [0.5, 0.6) is 5.75 Å². The van der Waals surface area contributed by atoms with Gasteiger partial charge in [-0.3, -0.25) is 10.1 Å². The third-order valence-corrected chi connectivity index (χ3v) is 4.27. The monoisotopic (exact) mass is 302 g/mol. The Hall–Kier alpha value is -2.41. The number of ether oxygens (including phenoxy) is 1. The second kappa shape index (κ2) is 5.17. The van der Waals surface area contributed by atoms with Crippen LogP contribution in [0.1, 0.15) is 16.2 Å². The van der Waals surface area contributed by atoms with Crippen LogP contribution < -0.4 is 10.1 Å². The average Bonchev–Trinajstić information content (AvgIpc) is 3.06. The molecule has 1 N–H and O–H groups in total. The quantitative estimate of drug-likeness (QED) is 0.807. The summed E-state index contributed by atoms with van der Waals surface area (Å²) in [6, 6.07) is 3.85. The van der Waals surface area contributed by atoms with Crippen LogP contribution in [0.25, 0.3) is 10.2 Å². The van der Waals surface area contributed by atoms with E-state index in [9.17, 15) is 4.79 Å². The van der Waals surface area contributed by atoms with Crippen LogP contribution in [0.4, 0.5) is 5.13 Å². The van der Waals surface area contributed by atoms with E-state index in [4.69, 9.17) is 4.74 Å². The summed E-state index contributed by atoms with van der Waals surface area (Å²) in [5.41, 5.74) is 1.86. The molecule has 0 unspecified atom stereocenters. The first-order valence-corrected chi connectivity index (χ1v) is 7.14. The lowest BCUT2D eigenvalue weighted by Gasteiger charge is -2.01. The summed E-state index contributed by atoms with van der Waals surface area (Å²) in [5, 5.41) is 3.32. The maximum Gasteiger partial charge on any atom is 0.293 e. The van der Waals surface area contributed by atoms with Gasteiger partial charge in [-0.1, -0.05) is 17.4 Å². The lowest BCUT2D eigenvalue weighted by molar-refractivity contribution is 0.101. The minimum atomic E-state index is -0.279. The normalized spacial score (nSPS) is 10.8. The van der Waals surface area contributed by atoms with E-state index >= 15 is 0 Å². The van der Waals surface area contributed by atoms with Gasteiger partial charge in [0.15, 0.2) is 11.0 Å². The SMILES string of the molecule is COc1ccc(C)c2sc(NC(=O)c3nccn3C)nc12. The Balaban J connectivity index is 1.97. The molecule has 0 saturated heterocycles. The Morgan fingerprint density at radius 3 is 2.90 bits per heavy atom. The number of rotatable bonds is 3. The highest BCUT2D eigenvalue weighted by atomic mass is 32.1. The predicted molar refractivity (Wildman–Crippen MR) is 82.1 cm³/mol. The summed E-state index contributed by atoms with van der Waals surface area (Å²) in [5.74, 6) is 0.764. The highest BCUT2D eigenvalue weighted by Gasteiger charge is 2.16. The highest BCUT2D eigenvalue weighted by molar-refractivity contribution is 7.22. The molecule has 21 heavy (non-hydrogen) atoms. The summed E-state index contributed by atoms with van der Waals surface area (Å²) in [7, 11) is 3.38. The first-order chi connectivity index (χ1) is 10.1. The third-order valence-electron chi connectivity index (χ3n) is 3.17. The minimum Gasteiger partial charge on any atom is -0.494 e. The second-order valence-corrected chi connectivity index (χ2v) is 5.60. The summed E-state index contributed by atoms with van der Waals surface area (Å²) in [6.07, 6.45) is 3.31. The van der Waals surface area contributed by atoms with Crippen molar-refractivity contribution in [3.63, 3.8) is 0 Å². The zero-order valence-electron chi connectivity index (χ0n) is 11.9. The van der Waals surface area contributed by atoms with Crippen LogP contribution in [0.2, 0.25) is 0 Å². The molecule has 0 spiro atoms. The molecule has 0 aliphatic rings. The number of aryl methyl sites for hydroxylation is 2. The number of benzene rings is 1. The third kappa shape index (κ3) is 2.36. The van der Waals surface area contributed by atoms with Gasteiger partial charge < -0.3 is 9.30 Å². The van der Waals surface area contributed by atoms with E-state index in [2.05, 4.69) is 15.3 Å². The van der Waals surface area contributed by atoms with E-state index in [1.165, 1.54) is 11.3 Å². The van der Waals surface area contributed by atoms with Crippen molar-refractivity contribution in [3.8, 4) is 5.75 Å². The Morgan fingerprint density at radius 2 is 2.24 bits per heavy atom. The number of carbonyl (C=O) groups is 1. The van der Waals surface area contributed by atoms with E-state index in [-0.39, 0.29) is 5.91 Å². The molecule has 7 heteroatoms. The second-order valence-electron chi connectivity index (χ2n) is 4.60. The van der Waals surface area contributed by atoms with Crippen molar-refractivity contribution < 1.29 is 9.53 Å². The fourth-order valence-corrected chi connectivity index (χ4v) is 3.01. The Kier molecular flexibility index (Phi) is 3.34. The summed E-state index contributed by atoms with van der Waals surface area (Å²) >= 11 is 1.42. The lowest BCUT2D eigenvalue weighted by Crippen LogP contribution is -2.16. The molecule has 3 aromatic rings. The molecule has 3 rings (SSSR count). The Bertz CT molecular complexity index is 822. The number of nitrogens with zero attached hydrogens (tertiary/aromatic N) is 3. The van der Waals surface area contributed by atoms with Gasteiger partial charge >= 0.3 is 0 Å². The van der Waals surface area contributed by atoms with Crippen molar-refractivity contribution in [2.24, 2.45) is 7.05 Å². The highest BCUT2D eigenvalue weighted by Crippen LogP contribution is 2.34. The number of imidazole rings is 1. The summed E-state index contributed by atoms with van der Waals surface area (Å²) in [4.78, 5) is 20.6. The maximum absolute atomic E-state index is 12.2. The van der Waals surface area contributed by atoms with Crippen molar-refractivity contribution in [2.45, 2.75) is 6.92 Å². The summed E-state index contributed by atoms with van der Waals surface area (Å²) < 4.78 is 7.97. The molecule has 0 radical (unpaired) electrons. The molecular formula is C14H14N4O2S. The topological polar surface area (TPSA) is 69.0 Å². The molecule has 6 nitrogen and oxygen atoms in total. The first-order valence-electron chi connectivity index (χ1n) is 6.33. The Morgan fingerprint density at radius 1 is 1.43 bits per heavy atom. The van der Waals surface area contributed by atoms with Crippen LogP contribution in [0.15, 0.2) is 24.5 Å². The average molecular weight is 302 g/mol. The number of anilines is 1. The van der Waals surface area contributed by atoms with Gasteiger partial charge in [0.2, 0.25) is 0 Å². The van der Waals surface area contributed by atoms with Crippen molar-refractivity contribution in [1.29, 1.82) is 0 Å². The fraction of sp³-hybridized carbons (Fsp3) is 0.214. The lowest BCUT2D eigenvalue weighted by atomic mass is 10.2. The molecule has 0 fully saturated rings. The van der Waals surface area contributed by atoms with Gasteiger partial charge in [-0.2, -0.15) is 0 Å². The van der Waals surface area contributed by atoms with Crippen molar-refractivity contribution >= 4 is 32.6 Å². The van der Waals surface area contributed by atoms with Crippen LogP contribution >= 0.6 is 11.3 Å². The van der Waals surface area contributed by atoms with Gasteiger partial charge in [0.25, 0.3) is 5.91 Å². The number of methoxy groups -OCH3 is 1. The van der Waals surface area contributed by atoms with Crippen LogP contribution in [-0.2, 0) is 7.05 Å². The number of fused-ring (bicyclic) bond motifs is 1. The minimum absolute atomic E-state index is 0.279. The van der Waals surface area contributed by atoms with Crippen molar-refractivity contribution in [3.05, 3.63) is 35.9 Å². The molecule has 0 aliphatic carbocycles. The Labute approximate surface area is 125 Å². The first kappa shape index (κ1) is 13.6. The molecule has 2 heterocycles. The van der Waals surface area contributed by atoms with Gasteiger partial charge in [0, 0.05) is 19.4 Å². The zero-order valence-corrected chi connectivity index (χ0v) is 12.7. The number of thiazole rings is 1. The van der Waals surface area contributed by atoms with E-state index < -0.39 is 0 Å². The smallest absolute Gasteiger partial charge is 0.293 e. The summed E-state index contributed by atoms with van der Waals surface area (Å²) in [6.45, 7) is 2.00. The molecule has 1 aromatic carbocycles. The molecule has 108 valence electrons. The molecule has 1 amide bonds. The van der Waals surface area contributed by atoms with E-state index in [1.807, 2.05) is 19.1 Å². The number of hydrogen-bond acceptors (Lipinski definition) is 5. The number of carbonyl (C=O) groups excluding carboxylic acids is 1. The molecular weight excluding hydrogens is 288 g/mol. The predicted octanol–water partition coefficient (Wildman–Crippen LogP) is 2.60. The van der Waals surface area contributed by atoms with Gasteiger partial charge in [0.1, 0.15) is 11.3 Å². The fourth-order valence-electron chi connectivity index (χ4n) is 2.07. The number of amides is 1. The van der Waals surface area contributed by atoms with Gasteiger partial charge in [-0.15, -0.1) is 0 Å².